The van der Waals surface area contributed by atoms with Gasteiger partial charge in [0, 0.05) is 17.6 Å². The van der Waals surface area contributed by atoms with Gasteiger partial charge in [-0.2, -0.15) is 0 Å². The third-order valence-corrected chi connectivity index (χ3v) is 3.59. The lowest BCUT2D eigenvalue weighted by Crippen LogP contribution is -2.17. The zero-order valence-electron chi connectivity index (χ0n) is 9.03. The summed E-state index contributed by atoms with van der Waals surface area (Å²) in [5.74, 6) is -1.04. The molecule has 1 aliphatic heterocycles. The first kappa shape index (κ1) is 11.4. The van der Waals surface area contributed by atoms with E-state index >= 15 is 0 Å². The lowest BCUT2D eigenvalue weighted by molar-refractivity contribution is -0.141. The molecule has 3 nitrogen and oxygen atoms in total. The fourth-order valence-corrected chi connectivity index (χ4v) is 2.36. The molecule has 0 spiro atoms. The van der Waals surface area contributed by atoms with Crippen molar-refractivity contribution >= 4 is 17.6 Å². The zero-order chi connectivity index (χ0) is 11.7. The smallest absolute Gasteiger partial charge is 0.307 e. The highest BCUT2D eigenvalue weighted by atomic mass is 35.5. The van der Waals surface area contributed by atoms with E-state index in [4.69, 9.17) is 16.7 Å². The van der Waals surface area contributed by atoms with Crippen molar-refractivity contribution in [3.8, 4) is 0 Å². The number of carboxylic acid groups (broad SMARTS) is 1. The molecule has 4 heteroatoms. The van der Waals surface area contributed by atoms with Crippen LogP contribution in [-0.4, -0.2) is 17.6 Å². The maximum absolute atomic E-state index is 10.9. The first-order valence-electron chi connectivity index (χ1n) is 5.31. The van der Waals surface area contributed by atoms with Crippen LogP contribution in [0.3, 0.4) is 0 Å². The molecule has 0 saturated carbocycles. The SMILES string of the molecule is Cc1cccc(C2CC(C(=O)O)CN2)c1Cl. The Morgan fingerprint density at radius 2 is 2.31 bits per heavy atom. The van der Waals surface area contributed by atoms with E-state index in [1.54, 1.807) is 0 Å². The summed E-state index contributed by atoms with van der Waals surface area (Å²) in [4.78, 5) is 10.9. The van der Waals surface area contributed by atoms with E-state index in [1.165, 1.54) is 0 Å². The predicted octanol–water partition coefficient (Wildman–Crippen LogP) is 2.38. The number of benzene rings is 1. The number of carbonyl (C=O) groups is 1. The Hall–Kier alpha value is -1.06. The van der Waals surface area contributed by atoms with E-state index in [0.717, 1.165) is 16.1 Å². The van der Waals surface area contributed by atoms with Crippen molar-refractivity contribution in [1.29, 1.82) is 0 Å². The van der Waals surface area contributed by atoms with Crippen LogP contribution in [0.1, 0.15) is 23.6 Å². The second-order valence-corrected chi connectivity index (χ2v) is 4.59. The standard InChI is InChI=1S/C12H14ClNO2/c1-7-3-2-4-9(11(7)13)10-5-8(6-14-10)12(15)16/h2-4,8,10,14H,5-6H2,1H3,(H,15,16). The highest BCUT2D eigenvalue weighted by Gasteiger charge is 2.31. The molecule has 0 aliphatic carbocycles. The molecule has 2 N–H and O–H groups in total. The molecule has 0 bridgehead atoms. The minimum Gasteiger partial charge on any atom is -0.481 e. The van der Waals surface area contributed by atoms with Crippen molar-refractivity contribution < 1.29 is 9.90 Å². The van der Waals surface area contributed by atoms with E-state index in [9.17, 15) is 4.79 Å². The van der Waals surface area contributed by atoms with Crippen molar-refractivity contribution in [3.05, 3.63) is 34.3 Å². The van der Waals surface area contributed by atoms with E-state index in [2.05, 4.69) is 5.32 Å². The van der Waals surface area contributed by atoms with Gasteiger partial charge in [-0.05, 0) is 24.5 Å². The Morgan fingerprint density at radius 1 is 1.56 bits per heavy atom. The van der Waals surface area contributed by atoms with Crippen LogP contribution in [-0.2, 0) is 4.79 Å². The molecule has 1 aromatic rings. The Balaban J connectivity index is 2.21. The molecule has 1 aliphatic rings. The fourth-order valence-electron chi connectivity index (χ4n) is 2.10. The Labute approximate surface area is 99.4 Å². The number of hydrogen-bond acceptors (Lipinski definition) is 2. The maximum atomic E-state index is 10.9. The molecule has 2 rings (SSSR count). The fraction of sp³-hybridized carbons (Fsp3) is 0.417. The van der Waals surface area contributed by atoms with Crippen LogP contribution in [0.4, 0.5) is 0 Å². The summed E-state index contributed by atoms with van der Waals surface area (Å²) in [5.41, 5.74) is 2.03. The number of hydrogen-bond donors (Lipinski definition) is 2. The highest BCUT2D eigenvalue weighted by molar-refractivity contribution is 6.32. The van der Waals surface area contributed by atoms with Gasteiger partial charge in [-0.3, -0.25) is 4.79 Å². The summed E-state index contributed by atoms with van der Waals surface area (Å²) < 4.78 is 0. The van der Waals surface area contributed by atoms with Gasteiger partial charge in [0.15, 0.2) is 0 Å². The van der Waals surface area contributed by atoms with Crippen molar-refractivity contribution in [2.24, 2.45) is 5.92 Å². The van der Waals surface area contributed by atoms with Gasteiger partial charge in [0.05, 0.1) is 5.92 Å². The molecule has 0 radical (unpaired) electrons. The lowest BCUT2D eigenvalue weighted by atomic mass is 9.99. The van der Waals surface area contributed by atoms with Crippen molar-refractivity contribution in [2.45, 2.75) is 19.4 Å². The van der Waals surface area contributed by atoms with E-state index < -0.39 is 5.97 Å². The van der Waals surface area contributed by atoms with Crippen molar-refractivity contribution in [3.63, 3.8) is 0 Å². The first-order chi connectivity index (χ1) is 7.59. The molecule has 2 unspecified atom stereocenters. The van der Waals surface area contributed by atoms with Gasteiger partial charge in [-0.1, -0.05) is 29.8 Å². The van der Waals surface area contributed by atoms with Crippen LogP contribution in [0.5, 0.6) is 0 Å². The number of halogens is 1. The van der Waals surface area contributed by atoms with Gasteiger partial charge in [0.2, 0.25) is 0 Å². The maximum Gasteiger partial charge on any atom is 0.307 e. The number of aryl methyl sites for hydroxylation is 1. The molecule has 16 heavy (non-hydrogen) atoms. The quantitative estimate of drug-likeness (QED) is 0.833. The minimum atomic E-state index is -0.737. The second-order valence-electron chi connectivity index (χ2n) is 4.21. The Kier molecular flexibility index (Phi) is 3.17. The first-order valence-corrected chi connectivity index (χ1v) is 5.68. The molecule has 0 aromatic heterocycles. The van der Waals surface area contributed by atoms with E-state index in [0.29, 0.717) is 13.0 Å². The number of aliphatic carboxylic acids is 1. The Bertz CT molecular complexity index is 419. The molecule has 86 valence electrons. The molecule has 1 aromatic carbocycles. The zero-order valence-corrected chi connectivity index (χ0v) is 9.79. The average Bonchev–Trinajstić information content (AvgIpc) is 2.71. The molecular formula is C12H14ClNO2. The Morgan fingerprint density at radius 3 is 2.94 bits per heavy atom. The highest BCUT2D eigenvalue weighted by Crippen LogP contribution is 2.33. The third kappa shape index (κ3) is 2.06. The second kappa shape index (κ2) is 4.44. The summed E-state index contributed by atoms with van der Waals surface area (Å²) >= 11 is 6.21. The number of carboxylic acids is 1. The third-order valence-electron chi connectivity index (χ3n) is 3.08. The number of rotatable bonds is 2. The van der Waals surface area contributed by atoms with Crippen LogP contribution in [0.25, 0.3) is 0 Å². The van der Waals surface area contributed by atoms with Gasteiger partial charge < -0.3 is 10.4 Å². The van der Waals surface area contributed by atoms with E-state index in [1.807, 2.05) is 25.1 Å². The minimum absolute atomic E-state index is 0.0634. The molecule has 1 fully saturated rings. The monoisotopic (exact) mass is 239 g/mol. The summed E-state index contributed by atoms with van der Waals surface area (Å²) in [6, 6.07) is 5.92. The molecule has 1 saturated heterocycles. The molecule has 2 atom stereocenters. The van der Waals surface area contributed by atoms with Crippen molar-refractivity contribution in [2.75, 3.05) is 6.54 Å². The van der Waals surface area contributed by atoms with Crippen molar-refractivity contribution in [1.82, 2.24) is 5.32 Å². The van der Waals surface area contributed by atoms with Crippen LogP contribution in [0.15, 0.2) is 18.2 Å². The average molecular weight is 240 g/mol. The van der Waals surface area contributed by atoms with Gasteiger partial charge in [0.25, 0.3) is 0 Å². The molecule has 1 heterocycles. The van der Waals surface area contributed by atoms with Crippen LogP contribution < -0.4 is 5.32 Å². The van der Waals surface area contributed by atoms with Gasteiger partial charge >= 0.3 is 5.97 Å². The lowest BCUT2D eigenvalue weighted by Gasteiger charge is -2.13. The van der Waals surface area contributed by atoms with Crippen LogP contribution >= 0.6 is 11.6 Å². The summed E-state index contributed by atoms with van der Waals surface area (Å²) in [6.07, 6.45) is 0.610. The largest absolute Gasteiger partial charge is 0.481 e. The number of nitrogens with one attached hydrogen (secondary N) is 1. The van der Waals surface area contributed by atoms with Gasteiger partial charge in [0.1, 0.15) is 0 Å². The van der Waals surface area contributed by atoms with Crippen LogP contribution in [0, 0.1) is 12.8 Å². The van der Waals surface area contributed by atoms with Gasteiger partial charge in [-0.25, -0.2) is 0 Å². The molecular weight excluding hydrogens is 226 g/mol. The van der Waals surface area contributed by atoms with Gasteiger partial charge in [-0.15, -0.1) is 0 Å². The molecule has 0 amide bonds. The summed E-state index contributed by atoms with van der Waals surface area (Å²) in [5, 5.41) is 12.9. The summed E-state index contributed by atoms with van der Waals surface area (Å²) in [6.45, 7) is 2.47. The normalized spacial score (nSPS) is 24.6. The topological polar surface area (TPSA) is 49.3 Å². The van der Waals surface area contributed by atoms with E-state index in [-0.39, 0.29) is 12.0 Å². The summed E-state index contributed by atoms with van der Waals surface area (Å²) in [7, 11) is 0. The predicted molar refractivity (Wildman–Crippen MR) is 62.7 cm³/mol. The van der Waals surface area contributed by atoms with Crippen LogP contribution in [0.2, 0.25) is 5.02 Å².